The van der Waals surface area contributed by atoms with Crippen molar-refractivity contribution < 1.29 is 4.39 Å². The number of rotatable bonds is 7. The summed E-state index contributed by atoms with van der Waals surface area (Å²) < 4.78 is 13.1. The zero-order chi connectivity index (χ0) is 20.5. The molecule has 1 saturated heterocycles. The Kier molecular flexibility index (Phi) is 10.5. The first-order valence-electron chi connectivity index (χ1n) is 10.5. The molecule has 0 aliphatic carbocycles. The van der Waals surface area contributed by atoms with E-state index in [0.29, 0.717) is 6.04 Å². The number of halogens is 2. The zero-order valence-corrected chi connectivity index (χ0v) is 20.2. The van der Waals surface area contributed by atoms with Gasteiger partial charge in [0, 0.05) is 51.2 Å². The Labute approximate surface area is 196 Å². The Bertz CT molecular complexity index is 788. The Morgan fingerprint density at radius 3 is 2.60 bits per heavy atom. The summed E-state index contributed by atoms with van der Waals surface area (Å²) in [5.41, 5.74) is 3.68. The van der Waals surface area contributed by atoms with Gasteiger partial charge in [0.25, 0.3) is 0 Å². The molecule has 2 aromatic rings. The molecule has 164 valence electrons. The van der Waals surface area contributed by atoms with Crippen LogP contribution < -0.4 is 10.6 Å². The van der Waals surface area contributed by atoms with Crippen LogP contribution in [0.1, 0.15) is 36.5 Å². The molecule has 0 amide bonds. The summed E-state index contributed by atoms with van der Waals surface area (Å²) in [6.45, 7) is 8.74. The number of hydrogen-bond acceptors (Lipinski definition) is 3. The lowest BCUT2D eigenvalue weighted by atomic mass is 10.0. The van der Waals surface area contributed by atoms with Crippen LogP contribution in [0.5, 0.6) is 0 Å². The standard InChI is InChI=1S/C23H32FN5.HI/c1-3-26-23(27-13-9-20-8-12-25-16-18(20)2)28-22-10-14-29(15-11-22)17-19-4-6-21(24)7-5-19;/h4-8,12,16,22H,3,9-11,13-15,17H2,1-2H3,(H2,26,27,28);1H. The molecule has 2 heterocycles. The molecule has 0 unspecified atom stereocenters. The highest BCUT2D eigenvalue weighted by Crippen LogP contribution is 2.14. The molecule has 1 fully saturated rings. The number of hydrogen-bond donors (Lipinski definition) is 2. The second-order valence-electron chi connectivity index (χ2n) is 7.63. The third-order valence-electron chi connectivity index (χ3n) is 5.38. The van der Waals surface area contributed by atoms with Crippen LogP contribution in [0.15, 0.2) is 47.7 Å². The van der Waals surface area contributed by atoms with Crippen LogP contribution in [-0.4, -0.2) is 48.1 Å². The smallest absolute Gasteiger partial charge is 0.191 e. The Morgan fingerprint density at radius 1 is 1.20 bits per heavy atom. The van der Waals surface area contributed by atoms with Crippen molar-refractivity contribution in [2.24, 2.45) is 4.99 Å². The number of piperidine rings is 1. The maximum absolute atomic E-state index is 13.1. The molecule has 0 atom stereocenters. The van der Waals surface area contributed by atoms with Crippen molar-refractivity contribution >= 4 is 29.9 Å². The van der Waals surface area contributed by atoms with Crippen LogP contribution in [-0.2, 0) is 13.0 Å². The molecule has 0 bridgehead atoms. The quantitative estimate of drug-likeness (QED) is 0.327. The summed E-state index contributed by atoms with van der Waals surface area (Å²) >= 11 is 0. The number of aliphatic imine (C=N–C) groups is 1. The highest BCUT2D eigenvalue weighted by Gasteiger charge is 2.20. The van der Waals surface area contributed by atoms with Crippen molar-refractivity contribution in [2.45, 2.75) is 45.7 Å². The van der Waals surface area contributed by atoms with Gasteiger partial charge < -0.3 is 10.6 Å². The minimum atomic E-state index is -0.175. The van der Waals surface area contributed by atoms with Crippen molar-refractivity contribution in [3.8, 4) is 0 Å². The number of guanidine groups is 1. The Hall–Kier alpha value is -1.74. The van der Waals surface area contributed by atoms with Gasteiger partial charge in [0.05, 0.1) is 0 Å². The maximum atomic E-state index is 13.1. The van der Waals surface area contributed by atoms with Gasteiger partial charge in [0.15, 0.2) is 5.96 Å². The average Bonchev–Trinajstić information content (AvgIpc) is 2.73. The summed E-state index contributed by atoms with van der Waals surface area (Å²) in [5, 5.41) is 6.96. The lowest BCUT2D eigenvalue weighted by Gasteiger charge is -2.33. The lowest BCUT2D eigenvalue weighted by molar-refractivity contribution is 0.198. The van der Waals surface area contributed by atoms with E-state index >= 15 is 0 Å². The number of nitrogens with zero attached hydrogens (tertiary/aromatic N) is 3. The van der Waals surface area contributed by atoms with Crippen LogP contribution in [0.3, 0.4) is 0 Å². The summed E-state index contributed by atoms with van der Waals surface area (Å²) in [5.74, 6) is 0.724. The molecule has 1 aliphatic rings. The summed E-state index contributed by atoms with van der Waals surface area (Å²) in [6, 6.07) is 9.33. The van der Waals surface area contributed by atoms with Crippen molar-refractivity contribution in [3.63, 3.8) is 0 Å². The van der Waals surface area contributed by atoms with Gasteiger partial charge in [-0.15, -0.1) is 24.0 Å². The van der Waals surface area contributed by atoms with E-state index in [4.69, 9.17) is 4.99 Å². The second kappa shape index (κ2) is 12.8. The van der Waals surface area contributed by atoms with Gasteiger partial charge in [-0.05, 0) is 68.0 Å². The van der Waals surface area contributed by atoms with E-state index in [0.717, 1.165) is 57.9 Å². The molecular formula is C23H33FIN5. The monoisotopic (exact) mass is 525 g/mol. The van der Waals surface area contributed by atoms with Crippen LogP contribution in [0, 0.1) is 12.7 Å². The van der Waals surface area contributed by atoms with Crippen LogP contribution >= 0.6 is 24.0 Å². The third kappa shape index (κ3) is 7.83. The molecule has 1 aliphatic heterocycles. The van der Waals surface area contributed by atoms with E-state index in [1.165, 1.54) is 28.8 Å². The van der Waals surface area contributed by atoms with Gasteiger partial charge in [0.2, 0.25) is 0 Å². The molecule has 1 aromatic heterocycles. The van der Waals surface area contributed by atoms with E-state index in [-0.39, 0.29) is 29.8 Å². The second-order valence-corrected chi connectivity index (χ2v) is 7.63. The lowest BCUT2D eigenvalue weighted by Crippen LogP contribution is -2.48. The number of nitrogens with one attached hydrogen (secondary N) is 2. The fraction of sp³-hybridized carbons (Fsp3) is 0.478. The minimum Gasteiger partial charge on any atom is -0.357 e. The topological polar surface area (TPSA) is 52.6 Å². The first-order chi connectivity index (χ1) is 14.1. The predicted octanol–water partition coefficient (Wildman–Crippen LogP) is 3.91. The molecule has 30 heavy (non-hydrogen) atoms. The molecule has 0 spiro atoms. The van der Waals surface area contributed by atoms with E-state index in [1.54, 1.807) is 0 Å². The van der Waals surface area contributed by atoms with Gasteiger partial charge in [-0.1, -0.05) is 12.1 Å². The zero-order valence-electron chi connectivity index (χ0n) is 17.9. The highest BCUT2D eigenvalue weighted by atomic mass is 127. The van der Waals surface area contributed by atoms with Crippen molar-refractivity contribution in [1.82, 2.24) is 20.5 Å². The summed E-state index contributed by atoms with van der Waals surface area (Å²) in [4.78, 5) is 11.3. The summed E-state index contributed by atoms with van der Waals surface area (Å²) in [7, 11) is 0. The molecule has 7 heteroatoms. The third-order valence-corrected chi connectivity index (χ3v) is 5.38. The summed E-state index contributed by atoms with van der Waals surface area (Å²) in [6.07, 6.45) is 6.82. The van der Waals surface area contributed by atoms with Crippen LogP contribution in [0.4, 0.5) is 4.39 Å². The molecular weight excluding hydrogens is 492 g/mol. The van der Waals surface area contributed by atoms with Crippen LogP contribution in [0.2, 0.25) is 0 Å². The first kappa shape index (κ1) is 24.5. The van der Waals surface area contributed by atoms with Crippen LogP contribution in [0.25, 0.3) is 0 Å². The largest absolute Gasteiger partial charge is 0.357 e. The molecule has 3 rings (SSSR count). The number of likely N-dealkylation sites (tertiary alicyclic amines) is 1. The molecule has 0 saturated carbocycles. The average molecular weight is 525 g/mol. The maximum Gasteiger partial charge on any atom is 0.191 e. The number of aryl methyl sites for hydroxylation is 1. The first-order valence-corrected chi connectivity index (χ1v) is 10.5. The van der Waals surface area contributed by atoms with E-state index in [2.05, 4.69) is 40.4 Å². The molecule has 2 N–H and O–H groups in total. The highest BCUT2D eigenvalue weighted by molar-refractivity contribution is 14.0. The molecule has 1 aromatic carbocycles. The van der Waals surface area contributed by atoms with Crippen molar-refractivity contribution in [2.75, 3.05) is 26.2 Å². The van der Waals surface area contributed by atoms with Gasteiger partial charge in [-0.25, -0.2) is 4.39 Å². The van der Waals surface area contributed by atoms with E-state index in [9.17, 15) is 4.39 Å². The van der Waals surface area contributed by atoms with Gasteiger partial charge >= 0.3 is 0 Å². The normalized spacial score (nSPS) is 15.5. The van der Waals surface area contributed by atoms with Crippen molar-refractivity contribution in [1.29, 1.82) is 0 Å². The fourth-order valence-electron chi connectivity index (χ4n) is 3.67. The van der Waals surface area contributed by atoms with Gasteiger partial charge in [0.1, 0.15) is 5.82 Å². The van der Waals surface area contributed by atoms with Gasteiger partial charge in [-0.2, -0.15) is 0 Å². The number of aromatic nitrogens is 1. The molecule has 5 nitrogen and oxygen atoms in total. The molecule has 0 radical (unpaired) electrons. The van der Waals surface area contributed by atoms with Gasteiger partial charge in [-0.3, -0.25) is 14.9 Å². The van der Waals surface area contributed by atoms with Crippen molar-refractivity contribution in [3.05, 3.63) is 65.2 Å². The minimum absolute atomic E-state index is 0. The Morgan fingerprint density at radius 2 is 1.93 bits per heavy atom. The predicted molar refractivity (Wildman–Crippen MR) is 132 cm³/mol. The SMILES string of the molecule is CCNC(=NCCc1ccncc1C)NC1CCN(Cc2ccc(F)cc2)CC1.I. The number of benzene rings is 1. The van der Waals surface area contributed by atoms with E-state index < -0.39 is 0 Å². The fourth-order valence-corrected chi connectivity index (χ4v) is 3.67. The number of pyridine rings is 1. The Balaban J connectivity index is 0.00000320. The van der Waals surface area contributed by atoms with E-state index in [1.807, 2.05) is 24.5 Å².